The highest BCUT2D eigenvalue weighted by Gasteiger charge is 2.25. The number of hydrogen-bond donors (Lipinski definition) is 0. The molecule has 0 saturated carbocycles. The fourth-order valence-electron chi connectivity index (χ4n) is 5.23. The highest BCUT2D eigenvalue weighted by Crippen LogP contribution is 2.45. The summed E-state index contributed by atoms with van der Waals surface area (Å²) in [6, 6.07) is 14.4. The summed E-state index contributed by atoms with van der Waals surface area (Å²) < 4.78 is 85.9. The molecule has 0 aliphatic heterocycles. The predicted octanol–water partition coefficient (Wildman–Crippen LogP) is 10.2. The van der Waals surface area contributed by atoms with Gasteiger partial charge in [-0.3, -0.25) is 0 Å². The van der Waals surface area contributed by atoms with E-state index in [-0.39, 0.29) is 23.1 Å². The number of allylic oxidation sites excluding steroid dienone is 9. The Morgan fingerprint density at radius 3 is 1.79 bits per heavy atom. The molecule has 6 rings (SSSR count). The first-order valence-corrected chi connectivity index (χ1v) is 12.8. The second-order valence-corrected chi connectivity index (χ2v) is 9.46. The molecule has 4 aromatic carbocycles. The SMILES string of the molecule is [2H]c1c([2H])c([2H])c(C2=CC(=C=C3C=C(C)C(c4ccccc4)=C(C)[CH+]3)CC(c3c([2H])c([2H])c([2H])c([2H])c3[2H])=C2c2ccccc2)c([2H])c1[2H]. The Hall–Kier alpha value is -4.77. The standard InChI is InChI=1S/C39H31/c1-28-23-30(24-29(2)38(28)34-19-11-5-12-20-34)25-31-26-36(32-15-7-3-8-16-32)39(35-21-13-6-14-22-35)37(27-31)33-17-9-4-10-18-33/h3-24,26H,27H2,1-2H3/q+1/i3D,4D,7D,8D,9D,10D,15D,16D,17D,18D. The van der Waals surface area contributed by atoms with Gasteiger partial charge in [0.15, 0.2) is 0 Å². The molecule has 0 spiro atoms. The minimum Gasteiger partial charge on any atom is -0.0622 e. The Kier molecular flexibility index (Phi) is 4.37. The zero-order valence-corrected chi connectivity index (χ0v) is 21.7. The smallest absolute Gasteiger partial charge is 0.0622 e. The van der Waals surface area contributed by atoms with Gasteiger partial charge in [-0.1, -0.05) is 109 Å². The quantitative estimate of drug-likeness (QED) is 0.190. The van der Waals surface area contributed by atoms with E-state index in [9.17, 15) is 0 Å². The van der Waals surface area contributed by atoms with Crippen molar-refractivity contribution in [2.24, 2.45) is 0 Å². The van der Waals surface area contributed by atoms with Crippen LogP contribution >= 0.6 is 0 Å². The molecule has 0 heteroatoms. The monoisotopic (exact) mass is 509 g/mol. The van der Waals surface area contributed by atoms with Crippen LogP contribution in [0.5, 0.6) is 0 Å². The Morgan fingerprint density at radius 1 is 0.641 bits per heavy atom. The number of hydrogen-bond acceptors (Lipinski definition) is 0. The van der Waals surface area contributed by atoms with E-state index in [1.54, 1.807) is 30.3 Å². The van der Waals surface area contributed by atoms with Gasteiger partial charge in [0.25, 0.3) is 0 Å². The average molecular weight is 510 g/mol. The fraction of sp³-hybridized carbons (Fsp3) is 0.0769. The first-order valence-electron chi connectivity index (χ1n) is 17.8. The van der Waals surface area contributed by atoms with Gasteiger partial charge in [0.2, 0.25) is 0 Å². The molecule has 0 atom stereocenters. The molecular weight excluding hydrogens is 468 g/mol. The van der Waals surface area contributed by atoms with E-state index in [0.717, 1.165) is 27.9 Å². The second-order valence-electron chi connectivity index (χ2n) is 9.46. The lowest BCUT2D eigenvalue weighted by molar-refractivity contribution is 1.26. The Morgan fingerprint density at radius 2 is 1.21 bits per heavy atom. The van der Waals surface area contributed by atoms with Crippen molar-refractivity contribution >= 4 is 22.3 Å². The summed E-state index contributed by atoms with van der Waals surface area (Å²) in [7, 11) is 0. The lowest BCUT2D eigenvalue weighted by atomic mass is 9.78. The van der Waals surface area contributed by atoms with Crippen molar-refractivity contribution in [3.05, 3.63) is 190 Å². The van der Waals surface area contributed by atoms with Crippen LogP contribution in [0, 0.1) is 6.42 Å². The summed E-state index contributed by atoms with van der Waals surface area (Å²) in [6.07, 6.45) is 5.84. The molecule has 0 aromatic heterocycles. The molecule has 0 fully saturated rings. The third-order valence-electron chi connectivity index (χ3n) is 6.79. The van der Waals surface area contributed by atoms with Crippen LogP contribution in [0.1, 0.15) is 56.2 Å². The molecule has 2 aliphatic rings. The van der Waals surface area contributed by atoms with Crippen LogP contribution in [-0.4, -0.2) is 0 Å². The van der Waals surface area contributed by atoms with Crippen LogP contribution in [0.3, 0.4) is 0 Å². The Bertz CT molecular complexity index is 2190. The highest BCUT2D eigenvalue weighted by molar-refractivity contribution is 6.17. The van der Waals surface area contributed by atoms with Crippen LogP contribution in [0.15, 0.2) is 161 Å². The third kappa shape index (κ3) is 5.16. The van der Waals surface area contributed by atoms with Crippen molar-refractivity contribution in [3.63, 3.8) is 0 Å². The molecule has 39 heavy (non-hydrogen) atoms. The molecule has 0 nitrogen and oxygen atoms in total. The van der Waals surface area contributed by atoms with E-state index in [0.29, 0.717) is 22.3 Å². The molecule has 0 unspecified atom stereocenters. The molecule has 0 N–H and O–H groups in total. The number of benzene rings is 4. The summed E-state index contributed by atoms with van der Waals surface area (Å²) in [5.41, 5.74) is 10.6. The van der Waals surface area contributed by atoms with E-state index in [2.05, 4.69) is 17.9 Å². The van der Waals surface area contributed by atoms with Crippen LogP contribution < -0.4 is 0 Å². The predicted molar refractivity (Wildman–Crippen MR) is 166 cm³/mol. The van der Waals surface area contributed by atoms with Crippen LogP contribution in [-0.2, 0) is 0 Å². The molecule has 0 saturated heterocycles. The lowest BCUT2D eigenvalue weighted by Crippen LogP contribution is -2.03. The largest absolute Gasteiger partial charge is 0.148 e. The number of rotatable bonds is 4. The third-order valence-corrected chi connectivity index (χ3v) is 6.79. The van der Waals surface area contributed by atoms with Crippen molar-refractivity contribution < 1.29 is 13.7 Å². The molecule has 0 radical (unpaired) electrons. The van der Waals surface area contributed by atoms with Crippen LogP contribution in [0.2, 0.25) is 0 Å². The van der Waals surface area contributed by atoms with Crippen molar-refractivity contribution in [1.82, 2.24) is 0 Å². The second kappa shape index (κ2) is 10.9. The van der Waals surface area contributed by atoms with Crippen LogP contribution in [0.4, 0.5) is 0 Å². The summed E-state index contributed by atoms with van der Waals surface area (Å²) in [5.74, 6) is 0. The molecule has 0 heterocycles. The van der Waals surface area contributed by atoms with Gasteiger partial charge in [-0.05, 0) is 65.5 Å². The molecule has 0 bridgehead atoms. The normalized spacial score (nSPS) is 19.0. The van der Waals surface area contributed by atoms with Crippen molar-refractivity contribution in [3.8, 4) is 0 Å². The van der Waals surface area contributed by atoms with Gasteiger partial charge in [0.1, 0.15) is 5.57 Å². The fourth-order valence-corrected chi connectivity index (χ4v) is 5.23. The molecule has 0 amide bonds. The van der Waals surface area contributed by atoms with Gasteiger partial charge < -0.3 is 0 Å². The van der Waals surface area contributed by atoms with E-state index in [1.807, 2.05) is 50.6 Å². The topological polar surface area (TPSA) is 0 Å². The molecule has 4 aromatic rings. The van der Waals surface area contributed by atoms with Gasteiger partial charge in [0, 0.05) is 41.4 Å². The van der Waals surface area contributed by atoms with Gasteiger partial charge >= 0.3 is 0 Å². The first-order chi connectivity index (χ1) is 23.3. The Balaban J connectivity index is 1.71. The van der Waals surface area contributed by atoms with E-state index >= 15 is 0 Å². The van der Waals surface area contributed by atoms with Gasteiger partial charge in [-0.25, -0.2) is 0 Å². The maximum Gasteiger partial charge on any atom is 0.148 e. The molecule has 2 aliphatic carbocycles. The maximum absolute atomic E-state index is 8.91. The minimum absolute atomic E-state index is 0.0195. The zero-order chi connectivity index (χ0) is 35.3. The van der Waals surface area contributed by atoms with Crippen LogP contribution in [0.25, 0.3) is 22.3 Å². The summed E-state index contributed by atoms with van der Waals surface area (Å²) in [5, 5.41) is 0. The van der Waals surface area contributed by atoms with Gasteiger partial charge in [-0.2, -0.15) is 0 Å². The maximum atomic E-state index is 8.91. The molecule has 186 valence electrons. The molecular formula is C39H31+. The van der Waals surface area contributed by atoms with E-state index in [4.69, 9.17) is 13.7 Å². The van der Waals surface area contributed by atoms with Crippen molar-refractivity contribution in [1.29, 1.82) is 0 Å². The summed E-state index contributed by atoms with van der Waals surface area (Å²) in [6.45, 7) is 4.04. The average Bonchev–Trinajstić information content (AvgIpc) is 3.09. The highest BCUT2D eigenvalue weighted by atomic mass is 14.3. The lowest BCUT2D eigenvalue weighted by Gasteiger charge is -2.24. The van der Waals surface area contributed by atoms with E-state index in [1.165, 1.54) is 0 Å². The summed E-state index contributed by atoms with van der Waals surface area (Å²) >= 11 is 0. The summed E-state index contributed by atoms with van der Waals surface area (Å²) in [4.78, 5) is 0. The van der Waals surface area contributed by atoms with Crippen molar-refractivity contribution in [2.45, 2.75) is 20.3 Å². The van der Waals surface area contributed by atoms with Gasteiger partial charge in [-0.15, -0.1) is 0 Å². The minimum atomic E-state index is -0.530. The zero-order valence-electron chi connectivity index (χ0n) is 31.7. The first kappa shape index (κ1) is 15.6. The van der Waals surface area contributed by atoms with Gasteiger partial charge in [0.05, 0.1) is 24.9 Å². The van der Waals surface area contributed by atoms with Crippen molar-refractivity contribution in [2.75, 3.05) is 0 Å². The van der Waals surface area contributed by atoms with E-state index < -0.39 is 60.4 Å². The Labute approximate surface area is 246 Å².